The van der Waals surface area contributed by atoms with E-state index in [1.165, 1.54) is 0 Å². The molecule has 0 aromatic heterocycles. The highest BCUT2D eigenvalue weighted by molar-refractivity contribution is 6.41. The molecular weight excluding hydrogens is 266 g/mol. The third-order valence-electron chi connectivity index (χ3n) is 3.51. The lowest BCUT2D eigenvalue weighted by Crippen LogP contribution is -2.22. The fourth-order valence-electron chi connectivity index (χ4n) is 2.39. The molecule has 5 heteroatoms. The number of aliphatic hydroxyl groups is 1. The van der Waals surface area contributed by atoms with Crippen molar-refractivity contribution in [2.45, 2.75) is 26.9 Å². The number of carbonyl (C=O) groups is 1. The molecular formula is C14H16ClNO3. The molecule has 0 spiro atoms. The third-order valence-corrected chi connectivity index (χ3v) is 3.86. The van der Waals surface area contributed by atoms with Crippen LogP contribution in [-0.4, -0.2) is 22.7 Å². The number of fused-ring (bicyclic) bond motifs is 1. The van der Waals surface area contributed by atoms with Gasteiger partial charge in [0.2, 0.25) is 0 Å². The minimum Gasteiger partial charge on any atom is -0.477 e. The number of aliphatic carboxylic acids is 1. The Hall–Kier alpha value is -1.52. The number of aryl methyl sites for hydroxylation is 2. The quantitative estimate of drug-likeness (QED) is 0.818. The van der Waals surface area contributed by atoms with Crippen molar-refractivity contribution in [3.8, 4) is 0 Å². The first-order valence-electron chi connectivity index (χ1n) is 6.08. The van der Waals surface area contributed by atoms with Crippen molar-refractivity contribution in [3.05, 3.63) is 39.6 Å². The average molecular weight is 282 g/mol. The molecule has 1 unspecified atom stereocenters. The molecule has 0 fully saturated rings. The zero-order valence-electron chi connectivity index (χ0n) is 11.1. The van der Waals surface area contributed by atoms with Gasteiger partial charge in [-0.3, -0.25) is 0 Å². The van der Waals surface area contributed by atoms with Gasteiger partial charge in [-0.25, -0.2) is 4.79 Å². The maximum absolute atomic E-state index is 11.1. The molecule has 2 rings (SSSR count). The van der Waals surface area contributed by atoms with Crippen molar-refractivity contribution in [1.82, 2.24) is 0 Å². The van der Waals surface area contributed by atoms with Crippen LogP contribution in [0, 0.1) is 13.8 Å². The van der Waals surface area contributed by atoms with Crippen molar-refractivity contribution < 1.29 is 15.0 Å². The second-order valence-electron chi connectivity index (χ2n) is 4.65. The Morgan fingerprint density at radius 1 is 1.37 bits per heavy atom. The highest BCUT2D eigenvalue weighted by Gasteiger charge is 2.35. The van der Waals surface area contributed by atoms with Crippen LogP contribution in [0.15, 0.2) is 22.9 Å². The number of halogens is 1. The molecule has 0 radical (unpaired) electrons. The Kier molecular flexibility index (Phi) is 3.56. The van der Waals surface area contributed by atoms with Crippen LogP contribution in [0.4, 0.5) is 5.69 Å². The van der Waals surface area contributed by atoms with Crippen LogP contribution in [0.1, 0.15) is 29.7 Å². The summed E-state index contributed by atoms with van der Waals surface area (Å²) in [5, 5.41) is 19.0. The summed E-state index contributed by atoms with van der Waals surface area (Å²) in [7, 11) is 0. The van der Waals surface area contributed by atoms with Gasteiger partial charge in [0.15, 0.2) is 0 Å². The van der Waals surface area contributed by atoms with E-state index in [0.29, 0.717) is 12.1 Å². The summed E-state index contributed by atoms with van der Waals surface area (Å²) < 4.78 is 0. The molecule has 0 amide bonds. The fourth-order valence-corrected chi connectivity index (χ4v) is 2.59. The van der Waals surface area contributed by atoms with Crippen LogP contribution in [0.2, 0.25) is 0 Å². The number of aliphatic hydroxyl groups excluding tert-OH is 1. The molecule has 0 saturated heterocycles. The Balaban J connectivity index is 2.67. The molecule has 1 atom stereocenters. The van der Waals surface area contributed by atoms with Crippen LogP contribution in [0.5, 0.6) is 0 Å². The number of hydrogen-bond acceptors (Lipinski definition) is 3. The lowest BCUT2D eigenvalue weighted by molar-refractivity contribution is -0.132. The smallest absolute Gasteiger partial charge is 0.349 e. The van der Waals surface area contributed by atoms with Gasteiger partial charge in [-0.2, -0.15) is 0 Å². The van der Waals surface area contributed by atoms with Crippen LogP contribution in [0.3, 0.4) is 0 Å². The Labute approximate surface area is 116 Å². The van der Waals surface area contributed by atoms with E-state index < -0.39 is 12.1 Å². The van der Waals surface area contributed by atoms with Crippen molar-refractivity contribution >= 4 is 23.3 Å². The van der Waals surface area contributed by atoms with Crippen molar-refractivity contribution in [3.63, 3.8) is 0 Å². The summed E-state index contributed by atoms with van der Waals surface area (Å²) in [5.41, 5.74) is 3.93. The van der Waals surface area contributed by atoms with E-state index in [4.69, 9.17) is 16.7 Å². The SMILES string of the molecule is CCN1C(=C(Cl)C(=O)O)C(O)c2cc(C)c(C)cc21. The predicted octanol–water partition coefficient (Wildman–Crippen LogP) is 2.71. The van der Waals surface area contributed by atoms with Crippen LogP contribution < -0.4 is 4.90 Å². The van der Waals surface area contributed by atoms with Crippen LogP contribution >= 0.6 is 11.6 Å². The van der Waals surface area contributed by atoms with Gasteiger partial charge in [0.05, 0.1) is 5.70 Å². The van der Waals surface area contributed by atoms with Crippen molar-refractivity contribution in [1.29, 1.82) is 0 Å². The normalized spacial score (nSPS) is 20.5. The molecule has 102 valence electrons. The lowest BCUT2D eigenvalue weighted by atomic mass is 10.0. The molecule has 1 aromatic rings. The maximum Gasteiger partial charge on any atom is 0.349 e. The van der Waals surface area contributed by atoms with E-state index in [1.807, 2.05) is 32.9 Å². The second-order valence-corrected chi connectivity index (χ2v) is 5.02. The maximum atomic E-state index is 11.1. The predicted molar refractivity (Wildman–Crippen MR) is 74.4 cm³/mol. The Morgan fingerprint density at radius 2 is 1.95 bits per heavy atom. The van der Waals surface area contributed by atoms with E-state index in [0.717, 1.165) is 16.8 Å². The molecule has 19 heavy (non-hydrogen) atoms. The van der Waals surface area contributed by atoms with E-state index in [9.17, 15) is 9.90 Å². The first kappa shape index (κ1) is 13.9. The third kappa shape index (κ3) is 2.11. The minimum absolute atomic E-state index is 0.247. The second kappa shape index (κ2) is 4.87. The number of benzene rings is 1. The van der Waals surface area contributed by atoms with E-state index >= 15 is 0 Å². The molecule has 0 saturated carbocycles. The number of rotatable bonds is 2. The number of nitrogens with zero attached hydrogens (tertiary/aromatic N) is 1. The summed E-state index contributed by atoms with van der Waals surface area (Å²) in [5.74, 6) is -1.23. The Bertz CT molecular complexity index is 580. The highest BCUT2D eigenvalue weighted by Crippen LogP contribution is 2.44. The molecule has 4 nitrogen and oxygen atoms in total. The minimum atomic E-state index is -1.23. The van der Waals surface area contributed by atoms with Gasteiger partial charge >= 0.3 is 5.97 Å². The van der Waals surface area contributed by atoms with Crippen LogP contribution in [-0.2, 0) is 4.79 Å². The molecule has 1 heterocycles. The summed E-state index contributed by atoms with van der Waals surface area (Å²) in [6, 6.07) is 3.84. The van der Waals surface area contributed by atoms with Gasteiger partial charge < -0.3 is 15.1 Å². The van der Waals surface area contributed by atoms with Gasteiger partial charge in [-0.05, 0) is 38.0 Å². The van der Waals surface area contributed by atoms with E-state index in [2.05, 4.69) is 0 Å². The topological polar surface area (TPSA) is 60.8 Å². The van der Waals surface area contributed by atoms with Gasteiger partial charge in [0, 0.05) is 17.8 Å². The first-order valence-corrected chi connectivity index (χ1v) is 6.46. The summed E-state index contributed by atoms with van der Waals surface area (Å²) in [6.07, 6.45) is -0.988. The zero-order chi connectivity index (χ0) is 14.3. The number of carboxylic acids is 1. The lowest BCUT2D eigenvalue weighted by Gasteiger charge is -2.20. The van der Waals surface area contributed by atoms with Crippen LogP contribution in [0.25, 0.3) is 0 Å². The summed E-state index contributed by atoms with van der Waals surface area (Å²) in [6.45, 7) is 6.38. The van der Waals surface area contributed by atoms with Gasteiger partial charge in [0.1, 0.15) is 11.1 Å². The highest BCUT2D eigenvalue weighted by atomic mass is 35.5. The molecule has 1 aromatic carbocycles. The first-order chi connectivity index (χ1) is 8.88. The number of carboxylic acid groups (broad SMARTS) is 1. The molecule has 2 N–H and O–H groups in total. The number of anilines is 1. The molecule has 0 bridgehead atoms. The van der Waals surface area contributed by atoms with Crippen molar-refractivity contribution in [2.24, 2.45) is 0 Å². The molecule has 0 aliphatic carbocycles. The molecule has 1 aliphatic rings. The number of likely N-dealkylation sites (N-methyl/N-ethyl adjacent to an activating group) is 1. The van der Waals surface area contributed by atoms with Gasteiger partial charge in [-0.1, -0.05) is 17.7 Å². The van der Waals surface area contributed by atoms with Gasteiger partial charge in [-0.15, -0.1) is 0 Å². The number of hydrogen-bond donors (Lipinski definition) is 2. The van der Waals surface area contributed by atoms with Gasteiger partial charge in [0.25, 0.3) is 0 Å². The average Bonchev–Trinajstić information content (AvgIpc) is 2.62. The van der Waals surface area contributed by atoms with E-state index in [1.54, 1.807) is 4.90 Å². The Morgan fingerprint density at radius 3 is 2.47 bits per heavy atom. The van der Waals surface area contributed by atoms with Crippen molar-refractivity contribution in [2.75, 3.05) is 11.4 Å². The fraction of sp³-hybridized carbons (Fsp3) is 0.357. The summed E-state index contributed by atoms with van der Waals surface area (Å²) in [4.78, 5) is 12.8. The summed E-state index contributed by atoms with van der Waals surface area (Å²) >= 11 is 5.84. The van der Waals surface area contributed by atoms with E-state index in [-0.39, 0.29) is 10.7 Å². The monoisotopic (exact) mass is 281 g/mol. The standard InChI is InChI=1S/C14H16ClNO3/c1-4-16-10-6-8(3)7(2)5-9(10)13(17)12(16)11(15)14(18)19/h5-6,13,17H,4H2,1-3H3,(H,18,19). The molecule has 1 aliphatic heterocycles. The largest absolute Gasteiger partial charge is 0.477 e. The zero-order valence-corrected chi connectivity index (χ0v) is 11.8.